The number of rotatable bonds is 4. The summed E-state index contributed by atoms with van der Waals surface area (Å²) in [6.07, 6.45) is 5.72. The van der Waals surface area contributed by atoms with Gasteiger partial charge in [0.2, 0.25) is 5.95 Å². The van der Waals surface area contributed by atoms with E-state index < -0.39 is 5.82 Å². The standard InChI is InChI=1S/C22H22FN7.C2H6/c1-13(2)20-18-9-14(6-8-30(18)12-26-20)21-16(23)11-25-22(29-21)28-19-4-3-15-10-24-7-5-17(15)27-19;1-2/h3-4,6,8-9,11-13,24H,5,7,10H2,1-2H3,(H,25,27,28,29);1-2H3. The summed E-state index contributed by atoms with van der Waals surface area (Å²) in [6, 6.07) is 7.69. The average molecular weight is 434 g/mol. The smallest absolute Gasteiger partial charge is 0.229 e. The molecule has 1 aliphatic rings. The molecule has 0 spiro atoms. The van der Waals surface area contributed by atoms with Crippen LogP contribution in [0, 0.1) is 5.82 Å². The Labute approximate surface area is 187 Å². The number of halogens is 1. The lowest BCUT2D eigenvalue weighted by Gasteiger charge is -2.17. The van der Waals surface area contributed by atoms with Gasteiger partial charge in [0, 0.05) is 37.0 Å². The molecule has 0 amide bonds. The van der Waals surface area contributed by atoms with Crippen LogP contribution >= 0.6 is 0 Å². The summed E-state index contributed by atoms with van der Waals surface area (Å²) >= 11 is 0. The molecule has 4 aromatic heterocycles. The van der Waals surface area contributed by atoms with E-state index >= 15 is 0 Å². The Morgan fingerprint density at radius 1 is 1.12 bits per heavy atom. The quantitative estimate of drug-likeness (QED) is 0.478. The molecular formula is C24H28FN7. The maximum atomic E-state index is 14.6. The molecular weight excluding hydrogens is 405 g/mol. The van der Waals surface area contributed by atoms with Crippen LogP contribution in [0.25, 0.3) is 16.8 Å². The second-order valence-electron chi connectivity index (χ2n) is 7.74. The van der Waals surface area contributed by atoms with Crippen molar-refractivity contribution in [3.8, 4) is 11.3 Å². The Kier molecular flexibility index (Phi) is 6.41. The molecule has 0 aliphatic carbocycles. The van der Waals surface area contributed by atoms with E-state index in [2.05, 4.69) is 44.4 Å². The lowest BCUT2D eigenvalue weighted by atomic mass is 10.1. The first-order valence-electron chi connectivity index (χ1n) is 11.0. The van der Waals surface area contributed by atoms with E-state index in [9.17, 15) is 4.39 Å². The molecule has 0 fully saturated rings. The van der Waals surface area contributed by atoms with Crippen LogP contribution < -0.4 is 10.6 Å². The van der Waals surface area contributed by atoms with Crippen LogP contribution in [0.3, 0.4) is 0 Å². The van der Waals surface area contributed by atoms with Crippen molar-refractivity contribution in [3.63, 3.8) is 0 Å². The molecule has 0 radical (unpaired) electrons. The van der Waals surface area contributed by atoms with Gasteiger partial charge in [-0.3, -0.25) is 0 Å². The molecule has 32 heavy (non-hydrogen) atoms. The topological polar surface area (TPSA) is 80.0 Å². The minimum absolute atomic E-state index is 0.244. The largest absolute Gasteiger partial charge is 0.312 e. The molecule has 5 heterocycles. The zero-order chi connectivity index (χ0) is 22.7. The third-order valence-corrected chi connectivity index (χ3v) is 5.30. The maximum absolute atomic E-state index is 14.6. The first kappa shape index (κ1) is 21.8. The van der Waals surface area contributed by atoms with Crippen molar-refractivity contribution in [3.05, 3.63) is 65.8 Å². The number of anilines is 2. The van der Waals surface area contributed by atoms with E-state index in [1.54, 1.807) is 6.33 Å². The van der Waals surface area contributed by atoms with Crippen LogP contribution in [0.5, 0.6) is 0 Å². The van der Waals surface area contributed by atoms with Crippen molar-refractivity contribution < 1.29 is 4.39 Å². The lowest BCUT2D eigenvalue weighted by molar-refractivity contribution is 0.618. The highest BCUT2D eigenvalue weighted by atomic mass is 19.1. The Bertz CT molecular complexity index is 1230. The van der Waals surface area contributed by atoms with Gasteiger partial charge < -0.3 is 15.0 Å². The van der Waals surface area contributed by atoms with Crippen molar-refractivity contribution in [1.82, 2.24) is 29.7 Å². The molecule has 8 heteroatoms. The van der Waals surface area contributed by atoms with Crippen LogP contribution in [0.1, 0.15) is 50.6 Å². The molecule has 4 aromatic rings. The number of fused-ring (bicyclic) bond motifs is 2. The van der Waals surface area contributed by atoms with E-state index in [1.165, 1.54) is 11.8 Å². The van der Waals surface area contributed by atoms with Crippen molar-refractivity contribution in [1.29, 1.82) is 0 Å². The predicted molar refractivity (Wildman–Crippen MR) is 125 cm³/mol. The molecule has 2 N–H and O–H groups in total. The van der Waals surface area contributed by atoms with E-state index in [1.807, 2.05) is 48.7 Å². The second-order valence-corrected chi connectivity index (χ2v) is 7.74. The molecule has 0 saturated heterocycles. The van der Waals surface area contributed by atoms with Crippen molar-refractivity contribution in [2.24, 2.45) is 0 Å². The Morgan fingerprint density at radius 2 is 1.97 bits per heavy atom. The third kappa shape index (κ3) is 4.31. The summed E-state index contributed by atoms with van der Waals surface area (Å²) in [5.74, 6) is 0.759. The lowest BCUT2D eigenvalue weighted by Crippen LogP contribution is -2.24. The van der Waals surface area contributed by atoms with Crippen LogP contribution in [0.15, 0.2) is 43.0 Å². The molecule has 166 valence electrons. The molecule has 0 atom stereocenters. The minimum atomic E-state index is -0.472. The van der Waals surface area contributed by atoms with Crippen LogP contribution in [-0.4, -0.2) is 30.9 Å². The Balaban J connectivity index is 0.00000119. The highest BCUT2D eigenvalue weighted by Crippen LogP contribution is 2.27. The molecule has 5 rings (SSSR count). The minimum Gasteiger partial charge on any atom is -0.312 e. The monoisotopic (exact) mass is 433 g/mol. The van der Waals surface area contributed by atoms with Gasteiger partial charge in [-0.05, 0) is 29.7 Å². The summed E-state index contributed by atoms with van der Waals surface area (Å²) in [4.78, 5) is 17.7. The normalized spacial score (nSPS) is 12.9. The molecule has 0 bridgehead atoms. The van der Waals surface area contributed by atoms with Gasteiger partial charge in [-0.25, -0.2) is 24.3 Å². The number of pyridine rings is 2. The van der Waals surface area contributed by atoms with E-state index in [4.69, 9.17) is 0 Å². The maximum Gasteiger partial charge on any atom is 0.229 e. The first-order valence-corrected chi connectivity index (χ1v) is 11.0. The fourth-order valence-corrected chi connectivity index (χ4v) is 3.75. The number of nitrogens with zero attached hydrogens (tertiary/aromatic N) is 5. The zero-order valence-electron chi connectivity index (χ0n) is 18.9. The fourth-order valence-electron chi connectivity index (χ4n) is 3.75. The molecule has 7 nitrogen and oxygen atoms in total. The fraction of sp³-hybridized carbons (Fsp3) is 0.333. The SMILES string of the molecule is CC.CC(C)c1ncn2ccc(-c3nc(Nc4ccc5c(n4)CCNC5)ncc3F)cc12. The van der Waals surface area contributed by atoms with Gasteiger partial charge in [0.25, 0.3) is 0 Å². The number of nitrogens with one attached hydrogen (secondary N) is 2. The summed E-state index contributed by atoms with van der Waals surface area (Å²) in [6.45, 7) is 9.92. The summed E-state index contributed by atoms with van der Waals surface area (Å²) in [5, 5.41) is 6.45. The second kappa shape index (κ2) is 9.40. The predicted octanol–water partition coefficient (Wildman–Crippen LogP) is 4.86. The van der Waals surface area contributed by atoms with E-state index in [-0.39, 0.29) is 11.6 Å². The number of aromatic nitrogens is 5. The zero-order valence-corrected chi connectivity index (χ0v) is 18.9. The first-order chi connectivity index (χ1) is 15.6. The van der Waals surface area contributed by atoms with Crippen LogP contribution in [-0.2, 0) is 13.0 Å². The molecule has 0 unspecified atom stereocenters. The summed E-state index contributed by atoms with van der Waals surface area (Å²) < 4.78 is 16.5. The van der Waals surface area contributed by atoms with Gasteiger partial charge in [0.1, 0.15) is 11.5 Å². The van der Waals surface area contributed by atoms with Gasteiger partial charge in [0.05, 0.1) is 23.7 Å². The Morgan fingerprint density at radius 3 is 2.78 bits per heavy atom. The number of hydrogen-bond acceptors (Lipinski definition) is 6. The van der Waals surface area contributed by atoms with Crippen molar-refractivity contribution in [2.75, 3.05) is 11.9 Å². The van der Waals surface area contributed by atoms with Crippen LogP contribution in [0.4, 0.5) is 16.2 Å². The van der Waals surface area contributed by atoms with Gasteiger partial charge in [0.15, 0.2) is 5.82 Å². The van der Waals surface area contributed by atoms with Gasteiger partial charge in [-0.15, -0.1) is 0 Å². The highest BCUT2D eigenvalue weighted by Gasteiger charge is 2.15. The molecule has 1 aliphatic heterocycles. The van der Waals surface area contributed by atoms with E-state index in [0.717, 1.165) is 36.4 Å². The summed E-state index contributed by atoms with van der Waals surface area (Å²) in [7, 11) is 0. The van der Waals surface area contributed by atoms with Gasteiger partial charge in [-0.1, -0.05) is 33.8 Å². The van der Waals surface area contributed by atoms with Gasteiger partial charge >= 0.3 is 0 Å². The molecule has 0 saturated carbocycles. The summed E-state index contributed by atoms with van der Waals surface area (Å²) in [5.41, 5.74) is 5.10. The van der Waals surface area contributed by atoms with E-state index in [0.29, 0.717) is 17.3 Å². The van der Waals surface area contributed by atoms with Crippen LogP contribution in [0.2, 0.25) is 0 Å². The van der Waals surface area contributed by atoms with Crippen molar-refractivity contribution >= 4 is 17.3 Å². The number of hydrogen-bond donors (Lipinski definition) is 2. The van der Waals surface area contributed by atoms with Crippen molar-refractivity contribution in [2.45, 2.75) is 46.6 Å². The molecule has 0 aromatic carbocycles. The number of imidazole rings is 1. The Hall–Kier alpha value is -3.39. The van der Waals surface area contributed by atoms with Gasteiger partial charge in [-0.2, -0.15) is 0 Å². The average Bonchev–Trinajstić information content (AvgIpc) is 3.25. The highest BCUT2D eigenvalue weighted by molar-refractivity contribution is 5.69. The third-order valence-electron chi connectivity index (χ3n) is 5.30.